The molecule has 1 heterocycles. The van der Waals surface area contributed by atoms with Crippen LogP contribution in [0.2, 0.25) is 0 Å². The summed E-state index contributed by atoms with van der Waals surface area (Å²) in [4.78, 5) is 4.15. The molecular formula is C13H19F2N3. The quantitative estimate of drug-likeness (QED) is 0.821. The van der Waals surface area contributed by atoms with E-state index in [1.165, 1.54) is 6.07 Å². The molecule has 1 fully saturated rings. The van der Waals surface area contributed by atoms with E-state index < -0.39 is 11.6 Å². The lowest BCUT2D eigenvalue weighted by molar-refractivity contribution is 0.249. The van der Waals surface area contributed by atoms with E-state index in [1.54, 1.807) is 0 Å². The van der Waals surface area contributed by atoms with Crippen molar-refractivity contribution in [3.05, 3.63) is 23.8 Å². The first-order chi connectivity index (χ1) is 8.49. The summed E-state index contributed by atoms with van der Waals surface area (Å²) in [6.45, 7) is 1.55. The number of nitrogens with zero attached hydrogens (tertiary/aromatic N) is 2. The second-order valence-corrected chi connectivity index (χ2v) is 5.00. The first kappa shape index (κ1) is 13.1. The highest BCUT2D eigenvalue weighted by atomic mass is 19.1. The van der Waals surface area contributed by atoms with Crippen LogP contribution >= 0.6 is 0 Å². The standard InChI is InChI=1S/C13H19F2N3/c1-17(2)10-3-5-18(6-4-10)12-8-9(14)7-11(15)13(12)16/h7-8,10H,3-6,16H2,1-2H3. The van der Waals surface area contributed by atoms with Crippen molar-refractivity contribution in [3.8, 4) is 0 Å². The van der Waals surface area contributed by atoms with Crippen molar-refractivity contribution in [1.82, 2.24) is 4.90 Å². The van der Waals surface area contributed by atoms with Gasteiger partial charge in [0, 0.05) is 25.2 Å². The molecule has 100 valence electrons. The Kier molecular flexibility index (Phi) is 3.71. The van der Waals surface area contributed by atoms with Gasteiger partial charge in [-0.3, -0.25) is 0 Å². The minimum atomic E-state index is -0.681. The molecule has 18 heavy (non-hydrogen) atoms. The first-order valence-corrected chi connectivity index (χ1v) is 6.15. The molecule has 0 spiro atoms. The third-order valence-corrected chi connectivity index (χ3v) is 3.61. The van der Waals surface area contributed by atoms with Gasteiger partial charge in [-0.25, -0.2) is 8.78 Å². The zero-order valence-corrected chi connectivity index (χ0v) is 10.8. The number of hydrogen-bond donors (Lipinski definition) is 1. The van der Waals surface area contributed by atoms with Crippen molar-refractivity contribution in [3.63, 3.8) is 0 Å². The molecule has 5 heteroatoms. The van der Waals surface area contributed by atoms with Crippen molar-refractivity contribution >= 4 is 11.4 Å². The van der Waals surface area contributed by atoms with Crippen LogP contribution in [0.1, 0.15) is 12.8 Å². The fourth-order valence-electron chi connectivity index (χ4n) is 2.46. The van der Waals surface area contributed by atoms with Crippen LogP contribution in [0.3, 0.4) is 0 Å². The molecule has 0 aliphatic carbocycles. The van der Waals surface area contributed by atoms with Gasteiger partial charge in [0.2, 0.25) is 0 Å². The highest BCUT2D eigenvalue weighted by molar-refractivity contribution is 5.68. The number of anilines is 2. The summed E-state index contributed by atoms with van der Waals surface area (Å²) >= 11 is 0. The molecule has 0 bridgehead atoms. The maximum absolute atomic E-state index is 13.4. The largest absolute Gasteiger partial charge is 0.395 e. The lowest BCUT2D eigenvalue weighted by atomic mass is 10.0. The predicted octanol–water partition coefficient (Wildman–Crippen LogP) is 2.08. The Morgan fingerprint density at radius 3 is 2.39 bits per heavy atom. The van der Waals surface area contributed by atoms with Gasteiger partial charge in [0.15, 0.2) is 5.82 Å². The molecule has 0 saturated carbocycles. The summed E-state index contributed by atoms with van der Waals surface area (Å²) in [6.07, 6.45) is 1.95. The molecule has 0 radical (unpaired) electrons. The molecule has 1 aromatic rings. The van der Waals surface area contributed by atoms with Crippen molar-refractivity contribution in [1.29, 1.82) is 0 Å². The molecule has 1 aromatic carbocycles. The molecule has 3 nitrogen and oxygen atoms in total. The summed E-state index contributed by atoms with van der Waals surface area (Å²) in [7, 11) is 4.10. The molecule has 2 rings (SSSR count). The van der Waals surface area contributed by atoms with E-state index in [4.69, 9.17) is 5.73 Å². The average molecular weight is 255 g/mol. The summed E-state index contributed by atoms with van der Waals surface area (Å²) in [5, 5.41) is 0. The Labute approximate surface area is 106 Å². The van der Waals surface area contributed by atoms with E-state index in [0.717, 1.165) is 32.0 Å². The maximum Gasteiger partial charge on any atom is 0.151 e. The zero-order chi connectivity index (χ0) is 13.3. The van der Waals surface area contributed by atoms with E-state index >= 15 is 0 Å². The fourth-order valence-corrected chi connectivity index (χ4v) is 2.46. The van der Waals surface area contributed by atoms with E-state index in [0.29, 0.717) is 11.7 Å². The lowest BCUT2D eigenvalue weighted by Crippen LogP contribution is -2.42. The Morgan fingerprint density at radius 2 is 1.83 bits per heavy atom. The number of benzene rings is 1. The van der Waals surface area contributed by atoms with Gasteiger partial charge in [-0.1, -0.05) is 0 Å². The van der Waals surface area contributed by atoms with Gasteiger partial charge >= 0.3 is 0 Å². The van der Waals surface area contributed by atoms with E-state index in [1.807, 2.05) is 4.90 Å². The summed E-state index contributed by atoms with van der Waals surface area (Å²) in [5.41, 5.74) is 6.20. The Balaban J connectivity index is 2.15. The van der Waals surface area contributed by atoms with E-state index in [9.17, 15) is 8.78 Å². The highest BCUT2D eigenvalue weighted by Crippen LogP contribution is 2.30. The molecule has 1 aliphatic rings. The van der Waals surface area contributed by atoms with Crippen molar-refractivity contribution in [2.45, 2.75) is 18.9 Å². The van der Waals surface area contributed by atoms with Crippen LogP contribution in [-0.4, -0.2) is 38.1 Å². The SMILES string of the molecule is CN(C)C1CCN(c2cc(F)cc(F)c2N)CC1. The second-order valence-electron chi connectivity index (χ2n) is 5.00. The number of halogens is 2. The maximum atomic E-state index is 13.4. The second kappa shape index (κ2) is 5.10. The minimum Gasteiger partial charge on any atom is -0.395 e. The summed E-state index contributed by atoms with van der Waals surface area (Å²) in [5.74, 6) is -1.26. The first-order valence-electron chi connectivity index (χ1n) is 6.15. The molecular weight excluding hydrogens is 236 g/mol. The molecule has 0 aromatic heterocycles. The molecule has 0 amide bonds. The van der Waals surface area contributed by atoms with Gasteiger partial charge < -0.3 is 15.5 Å². The van der Waals surface area contributed by atoms with E-state index in [2.05, 4.69) is 19.0 Å². The third-order valence-electron chi connectivity index (χ3n) is 3.61. The molecule has 1 saturated heterocycles. The van der Waals surface area contributed by atoms with Crippen molar-refractivity contribution < 1.29 is 8.78 Å². The predicted molar refractivity (Wildman–Crippen MR) is 69.7 cm³/mol. The number of nitrogen functional groups attached to an aromatic ring is 1. The van der Waals surface area contributed by atoms with Crippen LogP contribution < -0.4 is 10.6 Å². The number of hydrogen-bond acceptors (Lipinski definition) is 3. The fraction of sp³-hybridized carbons (Fsp3) is 0.538. The number of nitrogens with two attached hydrogens (primary N) is 1. The van der Waals surface area contributed by atoms with Gasteiger partial charge in [0.25, 0.3) is 0 Å². The van der Waals surface area contributed by atoms with Crippen LogP contribution in [-0.2, 0) is 0 Å². The zero-order valence-electron chi connectivity index (χ0n) is 10.8. The smallest absolute Gasteiger partial charge is 0.151 e. The summed E-state index contributed by atoms with van der Waals surface area (Å²) < 4.78 is 26.6. The van der Waals surface area contributed by atoms with Gasteiger partial charge in [-0.05, 0) is 33.0 Å². The van der Waals surface area contributed by atoms with Crippen LogP contribution in [0.5, 0.6) is 0 Å². The molecule has 0 unspecified atom stereocenters. The van der Waals surface area contributed by atoms with Crippen LogP contribution in [0.4, 0.5) is 20.2 Å². The van der Waals surface area contributed by atoms with Crippen LogP contribution in [0, 0.1) is 11.6 Å². The molecule has 1 aliphatic heterocycles. The third kappa shape index (κ3) is 2.56. The van der Waals surface area contributed by atoms with Crippen molar-refractivity contribution in [2.75, 3.05) is 37.8 Å². The Hall–Kier alpha value is -1.36. The Bertz CT molecular complexity index is 426. The minimum absolute atomic E-state index is 0.0414. The number of piperidine rings is 1. The topological polar surface area (TPSA) is 32.5 Å². The van der Waals surface area contributed by atoms with Gasteiger partial charge in [-0.2, -0.15) is 0 Å². The van der Waals surface area contributed by atoms with E-state index in [-0.39, 0.29) is 5.69 Å². The number of rotatable bonds is 2. The molecule has 2 N–H and O–H groups in total. The van der Waals surface area contributed by atoms with Crippen LogP contribution in [0.15, 0.2) is 12.1 Å². The average Bonchev–Trinajstić information content (AvgIpc) is 2.34. The molecule has 0 atom stereocenters. The highest BCUT2D eigenvalue weighted by Gasteiger charge is 2.23. The van der Waals surface area contributed by atoms with Crippen molar-refractivity contribution in [2.24, 2.45) is 0 Å². The lowest BCUT2D eigenvalue weighted by Gasteiger charge is -2.37. The summed E-state index contributed by atoms with van der Waals surface area (Å²) in [6, 6.07) is 2.67. The van der Waals surface area contributed by atoms with Gasteiger partial charge in [0.05, 0.1) is 11.4 Å². The van der Waals surface area contributed by atoms with Gasteiger partial charge in [-0.15, -0.1) is 0 Å². The monoisotopic (exact) mass is 255 g/mol. The van der Waals surface area contributed by atoms with Crippen LogP contribution in [0.25, 0.3) is 0 Å². The van der Waals surface area contributed by atoms with Gasteiger partial charge in [0.1, 0.15) is 5.82 Å². The normalized spacial score (nSPS) is 17.5. The Morgan fingerprint density at radius 1 is 1.22 bits per heavy atom.